The van der Waals surface area contributed by atoms with Crippen LogP contribution in [0.2, 0.25) is 0 Å². The molecule has 0 aliphatic rings. The molecule has 18 heavy (non-hydrogen) atoms. The molecule has 0 saturated heterocycles. The molecule has 0 radical (unpaired) electrons. The van der Waals surface area contributed by atoms with Gasteiger partial charge in [-0.2, -0.15) is 13.2 Å². The summed E-state index contributed by atoms with van der Waals surface area (Å²) in [6.07, 6.45) is -5.32. The summed E-state index contributed by atoms with van der Waals surface area (Å²) in [4.78, 5) is 32.7. The van der Waals surface area contributed by atoms with Gasteiger partial charge in [-0.15, -0.1) is 0 Å². The number of alkyl halides is 3. The average molecular weight is 266 g/mol. The van der Waals surface area contributed by atoms with Crippen LogP contribution in [0.1, 0.15) is 21.6 Å². The van der Waals surface area contributed by atoms with E-state index in [0.29, 0.717) is 0 Å². The van der Waals surface area contributed by atoms with E-state index < -0.39 is 45.1 Å². The summed E-state index contributed by atoms with van der Waals surface area (Å²) in [5.41, 5.74) is -7.43. The van der Waals surface area contributed by atoms with Crippen molar-refractivity contribution in [3.63, 3.8) is 0 Å². The SMILES string of the molecule is Cc1[nH]c(=O)c(C(=O)O)c(C(F)(F)F)c1[N+](=O)[O-]. The number of nitrogens with one attached hydrogen (secondary N) is 1. The first-order chi connectivity index (χ1) is 8.07. The lowest BCUT2D eigenvalue weighted by Crippen LogP contribution is -2.27. The Bertz CT molecular complexity index is 590. The van der Waals surface area contributed by atoms with Gasteiger partial charge in [0, 0.05) is 0 Å². The summed E-state index contributed by atoms with van der Waals surface area (Å²) >= 11 is 0. The van der Waals surface area contributed by atoms with Crippen molar-refractivity contribution in [1.82, 2.24) is 4.98 Å². The van der Waals surface area contributed by atoms with Crippen LogP contribution in [0.15, 0.2) is 4.79 Å². The van der Waals surface area contributed by atoms with Crippen LogP contribution >= 0.6 is 0 Å². The van der Waals surface area contributed by atoms with Crippen molar-refractivity contribution in [2.45, 2.75) is 13.1 Å². The number of H-pyrrole nitrogens is 1. The Hall–Kier alpha value is -2.39. The maximum absolute atomic E-state index is 12.7. The second kappa shape index (κ2) is 4.13. The van der Waals surface area contributed by atoms with Gasteiger partial charge in [-0.05, 0) is 6.92 Å². The zero-order valence-corrected chi connectivity index (χ0v) is 8.66. The van der Waals surface area contributed by atoms with Gasteiger partial charge in [0.25, 0.3) is 5.56 Å². The number of nitrogens with zero attached hydrogens (tertiary/aromatic N) is 1. The summed E-state index contributed by atoms with van der Waals surface area (Å²) in [5.74, 6) is -2.19. The minimum absolute atomic E-state index is 0.665. The summed E-state index contributed by atoms with van der Waals surface area (Å²) in [5, 5.41) is 19.1. The Balaban J connectivity index is 3.96. The molecule has 7 nitrogen and oxygen atoms in total. The summed E-state index contributed by atoms with van der Waals surface area (Å²) in [6.45, 7) is 0.875. The van der Waals surface area contributed by atoms with E-state index in [2.05, 4.69) is 0 Å². The minimum atomic E-state index is -5.32. The number of aromatic nitrogens is 1. The van der Waals surface area contributed by atoms with Crippen molar-refractivity contribution in [2.75, 3.05) is 0 Å². The number of hydrogen-bond donors (Lipinski definition) is 2. The summed E-state index contributed by atoms with van der Waals surface area (Å²) in [6, 6.07) is 0. The monoisotopic (exact) mass is 266 g/mol. The number of pyridine rings is 1. The van der Waals surface area contributed by atoms with Crippen LogP contribution < -0.4 is 5.56 Å². The van der Waals surface area contributed by atoms with E-state index in [1.165, 1.54) is 0 Å². The van der Waals surface area contributed by atoms with E-state index in [0.717, 1.165) is 6.92 Å². The molecule has 0 aliphatic heterocycles. The molecule has 0 atom stereocenters. The Morgan fingerprint density at radius 1 is 1.44 bits per heavy atom. The number of hydrogen-bond acceptors (Lipinski definition) is 4. The molecule has 1 rings (SSSR count). The van der Waals surface area contributed by atoms with Crippen LogP contribution in [-0.2, 0) is 6.18 Å². The van der Waals surface area contributed by atoms with Crippen molar-refractivity contribution >= 4 is 11.7 Å². The number of aryl methyl sites for hydroxylation is 1. The fourth-order valence-corrected chi connectivity index (χ4v) is 1.42. The molecule has 0 bridgehead atoms. The van der Waals surface area contributed by atoms with Gasteiger partial charge in [-0.25, -0.2) is 4.79 Å². The van der Waals surface area contributed by atoms with Crippen molar-refractivity contribution in [1.29, 1.82) is 0 Å². The first-order valence-corrected chi connectivity index (χ1v) is 4.29. The second-order valence-corrected chi connectivity index (χ2v) is 3.24. The van der Waals surface area contributed by atoms with Gasteiger partial charge in [0.2, 0.25) is 0 Å². The molecular weight excluding hydrogens is 261 g/mol. The molecule has 0 fully saturated rings. The van der Waals surface area contributed by atoms with Gasteiger partial charge in [-0.1, -0.05) is 0 Å². The topological polar surface area (TPSA) is 113 Å². The molecule has 0 aliphatic carbocycles. The van der Waals surface area contributed by atoms with Gasteiger partial charge in [-0.3, -0.25) is 14.9 Å². The Kier molecular flexibility index (Phi) is 3.13. The second-order valence-electron chi connectivity index (χ2n) is 3.24. The number of rotatable bonds is 2. The molecular formula is C8H5F3N2O5. The number of aromatic carboxylic acids is 1. The zero-order chi connectivity index (χ0) is 14.2. The Labute approximate surface area is 96.0 Å². The highest BCUT2D eigenvalue weighted by Crippen LogP contribution is 2.38. The van der Waals surface area contributed by atoms with Gasteiger partial charge in [0.15, 0.2) is 5.56 Å². The Morgan fingerprint density at radius 2 is 1.94 bits per heavy atom. The maximum atomic E-state index is 12.7. The summed E-state index contributed by atoms with van der Waals surface area (Å²) < 4.78 is 38.0. The van der Waals surface area contributed by atoms with E-state index in [1.54, 1.807) is 4.98 Å². The minimum Gasteiger partial charge on any atom is -0.477 e. The fourth-order valence-electron chi connectivity index (χ4n) is 1.42. The van der Waals surface area contributed by atoms with Gasteiger partial charge in [0.1, 0.15) is 5.56 Å². The largest absolute Gasteiger partial charge is 0.477 e. The molecule has 1 aromatic rings. The molecule has 0 aromatic carbocycles. The normalized spacial score (nSPS) is 11.3. The zero-order valence-electron chi connectivity index (χ0n) is 8.66. The van der Waals surface area contributed by atoms with Crippen LogP contribution in [0, 0.1) is 17.0 Å². The van der Waals surface area contributed by atoms with E-state index in [-0.39, 0.29) is 0 Å². The lowest BCUT2D eigenvalue weighted by Gasteiger charge is -2.11. The molecule has 1 heterocycles. The van der Waals surface area contributed by atoms with Gasteiger partial charge >= 0.3 is 17.8 Å². The van der Waals surface area contributed by atoms with E-state index in [9.17, 15) is 32.9 Å². The number of nitro groups is 1. The molecule has 1 aromatic heterocycles. The molecule has 0 saturated carbocycles. The van der Waals surface area contributed by atoms with E-state index in [4.69, 9.17) is 5.11 Å². The predicted octanol–water partition coefficient (Wildman–Crippen LogP) is 1.31. The first kappa shape index (κ1) is 13.7. The van der Waals surface area contributed by atoms with Crippen molar-refractivity contribution in [2.24, 2.45) is 0 Å². The van der Waals surface area contributed by atoms with Gasteiger partial charge < -0.3 is 10.1 Å². The highest BCUT2D eigenvalue weighted by atomic mass is 19.4. The number of halogens is 3. The van der Waals surface area contributed by atoms with Crippen LogP contribution in [0.25, 0.3) is 0 Å². The molecule has 0 unspecified atom stereocenters. The quantitative estimate of drug-likeness (QED) is 0.618. The molecule has 2 N–H and O–H groups in total. The molecule has 0 amide bonds. The van der Waals surface area contributed by atoms with Crippen LogP contribution in [0.5, 0.6) is 0 Å². The lowest BCUT2D eigenvalue weighted by molar-refractivity contribution is -0.389. The first-order valence-electron chi connectivity index (χ1n) is 4.29. The standard InChI is InChI=1S/C8H5F3N2O5/c1-2-5(13(17)18)4(8(9,10)11)3(7(15)16)6(14)12-2/h1H3,(H,12,14)(H,15,16). The Morgan fingerprint density at radius 3 is 2.28 bits per heavy atom. The maximum Gasteiger partial charge on any atom is 0.424 e. The fraction of sp³-hybridized carbons (Fsp3) is 0.250. The highest BCUT2D eigenvalue weighted by molar-refractivity contribution is 5.90. The smallest absolute Gasteiger partial charge is 0.424 e. The third-order valence-corrected chi connectivity index (χ3v) is 2.05. The number of carbonyl (C=O) groups is 1. The average Bonchev–Trinajstić information content (AvgIpc) is 2.13. The molecule has 0 spiro atoms. The van der Waals surface area contributed by atoms with Crippen molar-refractivity contribution < 1.29 is 28.0 Å². The highest BCUT2D eigenvalue weighted by Gasteiger charge is 2.45. The third kappa shape index (κ3) is 2.17. The van der Waals surface area contributed by atoms with E-state index in [1.807, 2.05) is 0 Å². The molecule has 98 valence electrons. The van der Waals surface area contributed by atoms with Crippen molar-refractivity contribution in [3.8, 4) is 0 Å². The van der Waals surface area contributed by atoms with Gasteiger partial charge in [0.05, 0.1) is 10.6 Å². The van der Waals surface area contributed by atoms with Crippen LogP contribution in [0.3, 0.4) is 0 Å². The number of carboxylic acids is 1. The van der Waals surface area contributed by atoms with Crippen LogP contribution in [-0.4, -0.2) is 21.0 Å². The molecule has 10 heteroatoms. The van der Waals surface area contributed by atoms with Crippen molar-refractivity contribution in [3.05, 3.63) is 37.3 Å². The van der Waals surface area contributed by atoms with Crippen LogP contribution in [0.4, 0.5) is 18.9 Å². The third-order valence-electron chi connectivity index (χ3n) is 2.05. The number of carboxylic acid groups (broad SMARTS) is 1. The predicted molar refractivity (Wildman–Crippen MR) is 50.4 cm³/mol. The van der Waals surface area contributed by atoms with E-state index >= 15 is 0 Å². The lowest BCUT2D eigenvalue weighted by atomic mass is 10.1. The number of aromatic amines is 1. The summed E-state index contributed by atoms with van der Waals surface area (Å²) in [7, 11) is 0.